The second-order valence-electron chi connectivity index (χ2n) is 8.00. The van der Waals surface area contributed by atoms with Crippen molar-refractivity contribution in [1.82, 2.24) is 15.6 Å². The first-order valence-electron chi connectivity index (χ1n) is 10.1. The number of phenols is 1. The van der Waals surface area contributed by atoms with E-state index in [-0.39, 0.29) is 23.7 Å². The molecule has 0 radical (unpaired) electrons. The number of hydrogen-bond acceptors (Lipinski definition) is 5. The Labute approximate surface area is 182 Å². The van der Waals surface area contributed by atoms with Crippen LogP contribution in [0.4, 0.5) is 0 Å². The molecule has 0 aliphatic heterocycles. The van der Waals surface area contributed by atoms with E-state index >= 15 is 0 Å². The molecule has 2 unspecified atom stereocenters. The van der Waals surface area contributed by atoms with Crippen molar-refractivity contribution in [2.24, 2.45) is 5.41 Å². The van der Waals surface area contributed by atoms with Crippen LogP contribution in [-0.4, -0.2) is 22.5 Å². The molecule has 6 heteroatoms. The molecule has 2 aromatic carbocycles. The normalized spacial score (nSPS) is 13.6. The fourth-order valence-corrected chi connectivity index (χ4v) is 4.17. The van der Waals surface area contributed by atoms with Crippen molar-refractivity contribution >= 4 is 17.2 Å². The molecule has 0 bridgehead atoms. The summed E-state index contributed by atoms with van der Waals surface area (Å²) in [6.07, 6.45) is 2.56. The van der Waals surface area contributed by atoms with Gasteiger partial charge in [-0.15, -0.1) is 11.3 Å². The number of benzene rings is 2. The fourth-order valence-electron chi connectivity index (χ4n) is 3.52. The van der Waals surface area contributed by atoms with Gasteiger partial charge in [-0.25, -0.2) is 4.98 Å². The minimum absolute atomic E-state index is 0.0336. The highest BCUT2D eigenvalue weighted by Crippen LogP contribution is 2.37. The molecular formula is C24H29N3O2S. The van der Waals surface area contributed by atoms with Crippen LogP contribution in [0.2, 0.25) is 0 Å². The van der Waals surface area contributed by atoms with Gasteiger partial charge in [-0.1, -0.05) is 42.5 Å². The number of phenolic OH excluding ortho intramolecular Hbond substituents is 1. The zero-order valence-corrected chi connectivity index (χ0v) is 18.4. The smallest absolute Gasteiger partial charge is 0.227 e. The molecular weight excluding hydrogens is 394 g/mol. The first-order chi connectivity index (χ1) is 14.4. The Morgan fingerprint density at radius 3 is 2.60 bits per heavy atom. The second-order valence-corrected chi connectivity index (χ2v) is 8.93. The van der Waals surface area contributed by atoms with E-state index in [4.69, 9.17) is 0 Å². The van der Waals surface area contributed by atoms with Crippen molar-refractivity contribution in [2.75, 3.05) is 6.54 Å². The largest absolute Gasteiger partial charge is 0.508 e. The van der Waals surface area contributed by atoms with E-state index in [1.807, 2.05) is 50.4 Å². The first kappa shape index (κ1) is 22.0. The van der Waals surface area contributed by atoms with Crippen LogP contribution in [-0.2, 0) is 11.2 Å². The van der Waals surface area contributed by atoms with Crippen molar-refractivity contribution in [2.45, 2.75) is 39.3 Å². The first-order valence-corrected chi connectivity index (χ1v) is 11.0. The quantitative estimate of drug-likeness (QED) is 0.469. The van der Waals surface area contributed by atoms with Crippen molar-refractivity contribution in [3.05, 3.63) is 82.3 Å². The van der Waals surface area contributed by atoms with Gasteiger partial charge >= 0.3 is 0 Å². The molecule has 158 valence electrons. The SMILES string of the molecule is CC(NC(c1cccc(O)c1)C(C)(C)C(=O)NCCc1ccccc1)c1nccs1. The molecule has 3 N–H and O–H groups in total. The molecule has 3 aromatic rings. The molecule has 0 saturated carbocycles. The molecule has 2 atom stereocenters. The summed E-state index contributed by atoms with van der Waals surface area (Å²) in [5.74, 6) is 0.145. The van der Waals surface area contributed by atoms with Gasteiger partial charge in [-0.05, 0) is 50.5 Å². The lowest BCUT2D eigenvalue weighted by Crippen LogP contribution is -2.46. The summed E-state index contributed by atoms with van der Waals surface area (Å²) in [6.45, 7) is 6.47. The van der Waals surface area contributed by atoms with Gasteiger partial charge in [0.05, 0.1) is 11.5 Å². The maximum atomic E-state index is 13.2. The highest BCUT2D eigenvalue weighted by molar-refractivity contribution is 7.09. The molecule has 5 nitrogen and oxygen atoms in total. The number of hydrogen-bond donors (Lipinski definition) is 3. The zero-order valence-electron chi connectivity index (χ0n) is 17.6. The number of carbonyl (C=O) groups is 1. The molecule has 0 fully saturated rings. The lowest BCUT2D eigenvalue weighted by Gasteiger charge is -2.36. The third-order valence-corrected chi connectivity index (χ3v) is 6.25. The minimum Gasteiger partial charge on any atom is -0.508 e. The summed E-state index contributed by atoms with van der Waals surface area (Å²) in [7, 11) is 0. The molecule has 3 rings (SSSR count). The predicted octanol–water partition coefficient (Wildman–Crippen LogP) is 4.63. The molecule has 0 aliphatic carbocycles. The summed E-state index contributed by atoms with van der Waals surface area (Å²) in [5.41, 5.74) is 1.30. The van der Waals surface area contributed by atoms with Crippen molar-refractivity contribution in [3.63, 3.8) is 0 Å². The number of aromatic nitrogens is 1. The summed E-state index contributed by atoms with van der Waals surface area (Å²) >= 11 is 1.58. The Morgan fingerprint density at radius 2 is 1.93 bits per heavy atom. The Morgan fingerprint density at radius 1 is 1.17 bits per heavy atom. The van der Waals surface area contributed by atoms with Gasteiger partial charge < -0.3 is 15.7 Å². The standard InChI is InChI=1S/C24H29N3O2S/c1-17(22-25-14-15-30-22)27-21(19-10-7-11-20(28)16-19)24(2,3)23(29)26-13-12-18-8-5-4-6-9-18/h4-11,14-17,21,27-28H,12-13H2,1-3H3,(H,26,29). The van der Waals surface area contributed by atoms with Gasteiger partial charge in [0, 0.05) is 24.2 Å². The third-order valence-electron chi connectivity index (χ3n) is 5.29. The maximum Gasteiger partial charge on any atom is 0.227 e. The Bertz CT molecular complexity index is 942. The van der Waals surface area contributed by atoms with Gasteiger partial charge in [-0.3, -0.25) is 4.79 Å². The second kappa shape index (κ2) is 9.87. The molecule has 30 heavy (non-hydrogen) atoms. The van der Waals surface area contributed by atoms with Crippen LogP contribution in [0.15, 0.2) is 66.2 Å². The molecule has 0 aliphatic rings. The Kier molecular flexibility index (Phi) is 7.24. The Balaban J connectivity index is 1.76. The third kappa shape index (κ3) is 5.46. The zero-order chi connectivity index (χ0) is 21.6. The summed E-state index contributed by atoms with van der Waals surface area (Å²) in [6, 6.07) is 16.9. The monoisotopic (exact) mass is 423 g/mol. The van der Waals surface area contributed by atoms with Gasteiger partial charge in [0.25, 0.3) is 0 Å². The van der Waals surface area contributed by atoms with E-state index in [1.165, 1.54) is 5.56 Å². The number of aromatic hydroxyl groups is 1. The van der Waals surface area contributed by atoms with E-state index in [1.54, 1.807) is 35.7 Å². The van der Waals surface area contributed by atoms with Crippen LogP contribution in [0.5, 0.6) is 5.75 Å². The van der Waals surface area contributed by atoms with Gasteiger partial charge in [-0.2, -0.15) is 0 Å². The van der Waals surface area contributed by atoms with E-state index in [0.717, 1.165) is 17.0 Å². The fraction of sp³-hybridized carbons (Fsp3) is 0.333. The highest BCUT2D eigenvalue weighted by Gasteiger charge is 2.38. The highest BCUT2D eigenvalue weighted by atomic mass is 32.1. The van der Waals surface area contributed by atoms with Crippen molar-refractivity contribution < 1.29 is 9.90 Å². The number of nitrogens with zero attached hydrogens (tertiary/aromatic N) is 1. The predicted molar refractivity (Wildman–Crippen MR) is 121 cm³/mol. The van der Waals surface area contributed by atoms with E-state index in [9.17, 15) is 9.90 Å². The van der Waals surface area contributed by atoms with Crippen LogP contribution in [0.1, 0.15) is 49.0 Å². The molecule has 1 amide bonds. The topological polar surface area (TPSA) is 74.2 Å². The summed E-state index contributed by atoms with van der Waals surface area (Å²) < 4.78 is 0. The van der Waals surface area contributed by atoms with Crippen LogP contribution >= 0.6 is 11.3 Å². The van der Waals surface area contributed by atoms with Crippen LogP contribution in [0, 0.1) is 5.41 Å². The average molecular weight is 424 g/mol. The maximum absolute atomic E-state index is 13.2. The average Bonchev–Trinajstić information content (AvgIpc) is 3.27. The lowest BCUT2D eigenvalue weighted by molar-refractivity contribution is -0.131. The van der Waals surface area contributed by atoms with Gasteiger partial charge in [0.1, 0.15) is 10.8 Å². The summed E-state index contributed by atoms with van der Waals surface area (Å²) in [4.78, 5) is 17.6. The van der Waals surface area contributed by atoms with Crippen molar-refractivity contribution in [1.29, 1.82) is 0 Å². The van der Waals surface area contributed by atoms with Crippen molar-refractivity contribution in [3.8, 4) is 5.75 Å². The number of carbonyl (C=O) groups excluding carboxylic acids is 1. The lowest BCUT2D eigenvalue weighted by atomic mass is 9.79. The summed E-state index contributed by atoms with van der Waals surface area (Å²) in [5, 5.41) is 19.6. The molecule has 0 saturated heterocycles. The van der Waals surface area contributed by atoms with E-state index < -0.39 is 5.41 Å². The van der Waals surface area contributed by atoms with Crippen LogP contribution < -0.4 is 10.6 Å². The molecule has 1 aromatic heterocycles. The minimum atomic E-state index is -0.754. The molecule has 0 spiro atoms. The van der Waals surface area contributed by atoms with E-state index in [2.05, 4.69) is 27.8 Å². The number of thiazole rings is 1. The van der Waals surface area contributed by atoms with Gasteiger partial charge in [0.2, 0.25) is 5.91 Å². The van der Waals surface area contributed by atoms with E-state index in [0.29, 0.717) is 6.54 Å². The number of nitrogens with one attached hydrogen (secondary N) is 2. The molecule has 1 heterocycles. The number of rotatable bonds is 9. The number of amides is 1. The Hall–Kier alpha value is -2.70. The van der Waals surface area contributed by atoms with Crippen LogP contribution in [0.25, 0.3) is 0 Å². The van der Waals surface area contributed by atoms with Gasteiger partial charge in [0.15, 0.2) is 0 Å². The van der Waals surface area contributed by atoms with Crippen LogP contribution in [0.3, 0.4) is 0 Å².